The van der Waals surface area contributed by atoms with Crippen molar-refractivity contribution in [3.05, 3.63) is 35.9 Å². The molecule has 1 unspecified atom stereocenters. The minimum Gasteiger partial charge on any atom is -0.322 e. The first-order chi connectivity index (χ1) is 9.17. The molecule has 1 rings (SSSR count). The number of hydrogen-bond acceptors (Lipinski definition) is 1. The van der Waals surface area contributed by atoms with Crippen LogP contribution in [0.5, 0.6) is 0 Å². The lowest BCUT2D eigenvalue weighted by Gasteiger charge is -2.25. The molecule has 0 spiro atoms. The molecule has 19 heavy (non-hydrogen) atoms. The van der Waals surface area contributed by atoms with Crippen molar-refractivity contribution >= 4 is 0 Å². The maximum atomic E-state index is 6.42. The summed E-state index contributed by atoms with van der Waals surface area (Å²) in [6, 6.07) is 10.5. The molecule has 0 radical (unpaired) electrons. The van der Waals surface area contributed by atoms with Gasteiger partial charge in [-0.2, -0.15) is 0 Å². The largest absolute Gasteiger partial charge is 0.322 e. The summed E-state index contributed by atoms with van der Waals surface area (Å²) in [5, 5.41) is 0. The fourth-order valence-corrected chi connectivity index (χ4v) is 2.59. The highest BCUT2D eigenvalue weighted by molar-refractivity contribution is 5.22. The summed E-state index contributed by atoms with van der Waals surface area (Å²) in [7, 11) is 0. The van der Waals surface area contributed by atoms with E-state index < -0.39 is 0 Å². The number of unbranched alkanes of at least 4 members (excludes halogenated alkanes) is 7. The van der Waals surface area contributed by atoms with Gasteiger partial charge in [0.15, 0.2) is 0 Å². The Morgan fingerprint density at radius 1 is 0.842 bits per heavy atom. The van der Waals surface area contributed by atoms with Gasteiger partial charge in [0.2, 0.25) is 0 Å². The van der Waals surface area contributed by atoms with Crippen molar-refractivity contribution in [3.63, 3.8) is 0 Å². The quantitative estimate of drug-likeness (QED) is 0.561. The second-order valence-electron chi connectivity index (χ2n) is 6.01. The third-order valence-electron chi connectivity index (χ3n) is 3.98. The van der Waals surface area contributed by atoms with Crippen LogP contribution < -0.4 is 5.73 Å². The smallest absolute Gasteiger partial charge is 0.0381 e. The van der Waals surface area contributed by atoms with Crippen LogP contribution in [0, 0.1) is 0 Å². The third kappa shape index (κ3) is 6.77. The molecule has 0 amide bonds. The SMILES string of the molecule is CCCCCCCCCCC(C)(N)c1ccccc1. The van der Waals surface area contributed by atoms with Gasteiger partial charge in [0.05, 0.1) is 0 Å². The van der Waals surface area contributed by atoms with Gasteiger partial charge in [-0.25, -0.2) is 0 Å². The summed E-state index contributed by atoms with van der Waals surface area (Å²) < 4.78 is 0. The van der Waals surface area contributed by atoms with E-state index in [0.29, 0.717) is 0 Å². The van der Waals surface area contributed by atoms with Crippen LogP contribution >= 0.6 is 0 Å². The highest BCUT2D eigenvalue weighted by Gasteiger charge is 2.19. The summed E-state index contributed by atoms with van der Waals surface area (Å²) in [6.45, 7) is 4.43. The Labute approximate surface area is 119 Å². The standard InChI is InChI=1S/C18H31N/c1-3-4-5-6-7-8-9-13-16-18(2,19)17-14-11-10-12-15-17/h10-12,14-15H,3-9,13,16,19H2,1-2H3. The van der Waals surface area contributed by atoms with Crippen LogP contribution in [-0.2, 0) is 5.54 Å². The van der Waals surface area contributed by atoms with Crippen LogP contribution in [0.15, 0.2) is 30.3 Å². The highest BCUT2D eigenvalue weighted by atomic mass is 14.7. The third-order valence-corrected chi connectivity index (χ3v) is 3.98. The normalized spacial score (nSPS) is 14.3. The van der Waals surface area contributed by atoms with Gasteiger partial charge >= 0.3 is 0 Å². The first kappa shape index (κ1) is 16.2. The first-order valence-corrected chi connectivity index (χ1v) is 8.01. The van der Waals surface area contributed by atoms with E-state index in [1.807, 2.05) is 0 Å². The molecule has 0 aliphatic heterocycles. The molecule has 1 atom stereocenters. The number of benzene rings is 1. The van der Waals surface area contributed by atoms with Crippen molar-refractivity contribution in [3.8, 4) is 0 Å². The van der Waals surface area contributed by atoms with E-state index in [9.17, 15) is 0 Å². The zero-order valence-electron chi connectivity index (χ0n) is 12.8. The zero-order valence-corrected chi connectivity index (χ0v) is 12.8. The van der Waals surface area contributed by atoms with Crippen LogP contribution in [0.3, 0.4) is 0 Å². The monoisotopic (exact) mass is 261 g/mol. The van der Waals surface area contributed by atoms with Gasteiger partial charge in [-0.15, -0.1) is 0 Å². The molecule has 1 heteroatoms. The number of rotatable bonds is 10. The van der Waals surface area contributed by atoms with Gasteiger partial charge < -0.3 is 5.73 Å². The van der Waals surface area contributed by atoms with Gasteiger partial charge in [-0.05, 0) is 18.9 Å². The maximum absolute atomic E-state index is 6.42. The molecule has 0 aliphatic rings. The van der Waals surface area contributed by atoms with E-state index in [1.165, 1.54) is 56.9 Å². The topological polar surface area (TPSA) is 26.0 Å². The summed E-state index contributed by atoms with van der Waals surface area (Å²) >= 11 is 0. The molecule has 1 aromatic carbocycles. The highest BCUT2D eigenvalue weighted by Crippen LogP contribution is 2.24. The van der Waals surface area contributed by atoms with Crippen LogP contribution in [0.2, 0.25) is 0 Å². The molecule has 2 N–H and O–H groups in total. The lowest BCUT2D eigenvalue weighted by Crippen LogP contribution is -2.32. The molecule has 0 bridgehead atoms. The maximum Gasteiger partial charge on any atom is 0.0381 e. The Bertz CT molecular complexity index is 316. The second kappa shape index (κ2) is 9.14. The summed E-state index contributed by atoms with van der Waals surface area (Å²) in [5.74, 6) is 0. The Hall–Kier alpha value is -0.820. The van der Waals surface area contributed by atoms with Gasteiger partial charge in [0, 0.05) is 5.54 Å². The van der Waals surface area contributed by atoms with Gasteiger partial charge in [-0.3, -0.25) is 0 Å². The average molecular weight is 261 g/mol. The van der Waals surface area contributed by atoms with Crippen LogP contribution in [0.25, 0.3) is 0 Å². The number of hydrogen-bond donors (Lipinski definition) is 1. The Kier molecular flexibility index (Phi) is 7.81. The first-order valence-electron chi connectivity index (χ1n) is 8.01. The van der Waals surface area contributed by atoms with E-state index >= 15 is 0 Å². The van der Waals surface area contributed by atoms with E-state index in [4.69, 9.17) is 5.73 Å². The Morgan fingerprint density at radius 2 is 1.37 bits per heavy atom. The average Bonchev–Trinajstić information content (AvgIpc) is 2.43. The minimum absolute atomic E-state index is 0.163. The minimum atomic E-state index is -0.163. The molecule has 0 heterocycles. The van der Waals surface area contributed by atoms with E-state index in [2.05, 4.69) is 44.2 Å². The summed E-state index contributed by atoms with van der Waals surface area (Å²) in [4.78, 5) is 0. The Balaban J connectivity index is 2.12. The fraction of sp³-hybridized carbons (Fsp3) is 0.667. The predicted octanol–water partition coefficient (Wildman–Crippen LogP) is 5.39. The van der Waals surface area contributed by atoms with Crippen molar-refractivity contribution in [2.75, 3.05) is 0 Å². The number of nitrogens with two attached hydrogens (primary N) is 1. The predicted molar refractivity (Wildman–Crippen MR) is 85.2 cm³/mol. The van der Waals surface area contributed by atoms with Crippen molar-refractivity contribution < 1.29 is 0 Å². The molecule has 0 fully saturated rings. The van der Waals surface area contributed by atoms with Crippen molar-refractivity contribution in [2.24, 2.45) is 5.73 Å². The van der Waals surface area contributed by atoms with Gasteiger partial charge in [-0.1, -0.05) is 88.6 Å². The van der Waals surface area contributed by atoms with Crippen molar-refractivity contribution in [1.29, 1.82) is 0 Å². The van der Waals surface area contributed by atoms with E-state index in [-0.39, 0.29) is 5.54 Å². The van der Waals surface area contributed by atoms with Crippen LogP contribution in [0.4, 0.5) is 0 Å². The molecule has 0 aromatic heterocycles. The summed E-state index contributed by atoms with van der Waals surface area (Å²) in [5.41, 5.74) is 7.52. The van der Waals surface area contributed by atoms with Crippen molar-refractivity contribution in [2.45, 2.75) is 77.2 Å². The zero-order chi connectivity index (χ0) is 14.0. The molecular formula is C18H31N. The van der Waals surface area contributed by atoms with Crippen LogP contribution in [-0.4, -0.2) is 0 Å². The Morgan fingerprint density at radius 3 is 1.95 bits per heavy atom. The molecule has 1 nitrogen and oxygen atoms in total. The van der Waals surface area contributed by atoms with E-state index in [1.54, 1.807) is 0 Å². The molecule has 108 valence electrons. The molecule has 0 saturated carbocycles. The second-order valence-corrected chi connectivity index (χ2v) is 6.01. The van der Waals surface area contributed by atoms with Gasteiger partial charge in [0.1, 0.15) is 0 Å². The lowest BCUT2D eigenvalue weighted by molar-refractivity contribution is 0.420. The molecule has 0 saturated heterocycles. The molecule has 1 aromatic rings. The van der Waals surface area contributed by atoms with Crippen molar-refractivity contribution in [1.82, 2.24) is 0 Å². The summed E-state index contributed by atoms with van der Waals surface area (Å²) in [6.07, 6.45) is 12.0. The fourth-order valence-electron chi connectivity index (χ4n) is 2.59. The lowest BCUT2D eigenvalue weighted by atomic mass is 9.87. The molecule has 0 aliphatic carbocycles. The van der Waals surface area contributed by atoms with Gasteiger partial charge in [0.25, 0.3) is 0 Å². The van der Waals surface area contributed by atoms with Crippen LogP contribution in [0.1, 0.15) is 77.2 Å². The molecular weight excluding hydrogens is 230 g/mol. The van der Waals surface area contributed by atoms with E-state index in [0.717, 1.165) is 6.42 Å².